The monoisotopic (exact) mass is 181 g/mol. The van der Waals surface area contributed by atoms with Gasteiger partial charge in [-0.2, -0.15) is 0 Å². The van der Waals surface area contributed by atoms with Crippen LogP contribution in [0.1, 0.15) is 16.9 Å². The Hall–Kier alpha value is -1.43. The molecule has 2 rings (SSSR count). The molecule has 70 valence electrons. The second-order valence-corrected chi connectivity index (χ2v) is 3.26. The van der Waals surface area contributed by atoms with Crippen molar-refractivity contribution in [2.24, 2.45) is 12.8 Å². The first-order valence-corrected chi connectivity index (χ1v) is 4.09. The molecule has 1 saturated carbocycles. The van der Waals surface area contributed by atoms with E-state index in [2.05, 4.69) is 15.6 Å². The third kappa shape index (κ3) is 1.67. The van der Waals surface area contributed by atoms with Crippen LogP contribution in [0.25, 0.3) is 0 Å². The molecule has 0 radical (unpaired) electrons. The smallest absolute Gasteiger partial charge is 0.273 e. The normalized spacial score (nSPS) is 25.7. The van der Waals surface area contributed by atoms with E-state index in [0.717, 1.165) is 6.42 Å². The number of aromatic nitrogens is 3. The molecule has 13 heavy (non-hydrogen) atoms. The molecular formula is C7H11N5O. The highest BCUT2D eigenvalue weighted by atomic mass is 16.2. The molecule has 0 saturated heterocycles. The minimum absolute atomic E-state index is 0.112. The summed E-state index contributed by atoms with van der Waals surface area (Å²) in [7, 11) is 1.71. The van der Waals surface area contributed by atoms with Gasteiger partial charge in [-0.3, -0.25) is 9.48 Å². The van der Waals surface area contributed by atoms with Gasteiger partial charge in [0.2, 0.25) is 0 Å². The second kappa shape index (κ2) is 2.81. The van der Waals surface area contributed by atoms with Crippen LogP contribution in [0.2, 0.25) is 0 Å². The van der Waals surface area contributed by atoms with Gasteiger partial charge in [-0.05, 0) is 6.42 Å². The standard InChI is InChI=1S/C7H11N5O/c1-12-3-6(10-11-12)7(13)9-5-2-4(5)8/h3-5H,2,8H2,1H3,(H,9,13). The fourth-order valence-electron chi connectivity index (χ4n) is 1.07. The summed E-state index contributed by atoms with van der Waals surface area (Å²) in [6.45, 7) is 0. The lowest BCUT2D eigenvalue weighted by atomic mass is 10.4. The fourth-order valence-corrected chi connectivity index (χ4v) is 1.07. The van der Waals surface area contributed by atoms with E-state index in [9.17, 15) is 4.79 Å². The van der Waals surface area contributed by atoms with Crippen molar-refractivity contribution in [1.82, 2.24) is 20.3 Å². The van der Waals surface area contributed by atoms with Crippen LogP contribution in [0.5, 0.6) is 0 Å². The fraction of sp³-hybridized carbons (Fsp3) is 0.571. The quantitative estimate of drug-likeness (QED) is 0.590. The van der Waals surface area contributed by atoms with Crippen molar-refractivity contribution >= 4 is 5.91 Å². The van der Waals surface area contributed by atoms with Crippen molar-refractivity contribution in [3.8, 4) is 0 Å². The number of nitrogens with zero attached hydrogens (tertiary/aromatic N) is 3. The zero-order chi connectivity index (χ0) is 9.42. The van der Waals surface area contributed by atoms with Gasteiger partial charge in [-0.25, -0.2) is 0 Å². The van der Waals surface area contributed by atoms with E-state index in [1.807, 2.05) is 0 Å². The van der Waals surface area contributed by atoms with Gasteiger partial charge in [0.1, 0.15) is 0 Å². The van der Waals surface area contributed by atoms with E-state index in [0.29, 0.717) is 5.69 Å². The molecule has 0 spiro atoms. The molecule has 1 heterocycles. The number of hydrogen-bond acceptors (Lipinski definition) is 4. The summed E-state index contributed by atoms with van der Waals surface area (Å²) in [5, 5.41) is 10.1. The summed E-state index contributed by atoms with van der Waals surface area (Å²) in [6, 6.07) is 0.232. The predicted molar refractivity (Wildman–Crippen MR) is 44.8 cm³/mol. The van der Waals surface area contributed by atoms with E-state index < -0.39 is 0 Å². The van der Waals surface area contributed by atoms with E-state index >= 15 is 0 Å². The van der Waals surface area contributed by atoms with Crippen LogP contribution in [0.3, 0.4) is 0 Å². The molecule has 1 aromatic rings. The molecule has 0 aliphatic heterocycles. The van der Waals surface area contributed by atoms with Crippen LogP contribution in [0.4, 0.5) is 0 Å². The van der Waals surface area contributed by atoms with Crippen molar-refractivity contribution in [2.75, 3.05) is 0 Å². The van der Waals surface area contributed by atoms with Crippen molar-refractivity contribution in [1.29, 1.82) is 0 Å². The van der Waals surface area contributed by atoms with Crippen LogP contribution < -0.4 is 11.1 Å². The summed E-state index contributed by atoms with van der Waals surface area (Å²) < 4.78 is 1.49. The lowest BCUT2D eigenvalue weighted by Gasteiger charge is -1.98. The van der Waals surface area contributed by atoms with Gasteiger partial charge in [-0.15, -0.1) is 5.10 Å². The molecule has 2 unspecified atom stereocenters. The Morgan fingerprint density at radius 2 is 2.54 bits per heavy atom. The number of nitrogens with one attached hydrogen (secondary N) is 1. The molecule has 2 atom stereocenters. The van der Waals surface area contributed by atoms with Crippen molar-refractivity contribution in [3.63, 3.8) is 0 Å². The molecule has 0 bridgehead atoms. The topological polar surface area (TPSA) is 85.8 Å². The maximum Gasteiger partial charge on any atom is 0.273 e. The first kappa shape index (κ1) is 8.18. The summed E-state index contributed by atoms with van der Waals surface area (Å²) in [5.41, 5.74) is 5.88. The van der Waals surface area contributed by atoms with Crippen LogP contribution >= 0.6 is 0 Å². The van der Waals surface area contributed by atoms with Gasteiger partial charge in [0.05, 0.1) is 6.20 Å². The van der Waals surface area contributed by atoms with Gasteiger partial charge >= 0.3 is 0 Å². The number of nitrogens with two attached hydrogens (primary N) is 1. The Labute approximate surface area is 75.1 Å². The largest absolute Gasteiger partial charge is 0.346 e. The van der Waals surface area contributed by atoms with Gasteiger partial charge in [0.15, 0.2) is 5.69 Å². The molecule has 1 aliphatic carbocycles. The van der Waals surface area contributed by atoms with E-state index in [1.54, 1.807) is 13.2 Å². The molecule has 6 nitrogen and oxygen atoms in total. The zero-order valence-electron chi connectivity index (χ0n) is 7.27. The number of aryl methyl sites for hydroxylation is 1. The average molecular weight is 181 g/mol. The first-order valence-electron chi connectivity index (χ1n) is 4.09. The van der Waals surface area contributed by atoms with Gasteiger partial charge in [0, 0.05) is 19.1 Å². The molecule has 1 aromatic heterocycles. The minimum atomic E-state index is -0.203. The SMILES string of the molecule is Cn1cc(C(=O)NC2CC2N)nn1. The predicted octanol–water partition coefficient (Wildman–Crippen LogP) is -1.36. The molecule has 1 aliphatic rings. The maximum absolute atomic E-state index is 11.4. The lowest BCUT2D eigenvalue weighted by molar-refractivity contribution is 0.0945. The minimum Gasteiger partial charge on any atom is -0.346 e. The number of amides is 1. The van der Waals surface area contributed by atoms with E-state index in [-0.39, 0.29) is 18.0 Å². The summed E-state index contributed by atoms with van der Waals surface area (Å²) in [5.74, 6) is -0.203. The first-order chi connectivity index (χ1) is 6.16. The van der Waals surface area contributed by atoms with Crippen LogP contribution in [0.15, 0.2) is 6.20 Å². The van der Waals surface area contributed by atoms with Crippen LogP contribution in [-0.4, -0.2) is 33.0 Å². The second-order valence-electron chi connectivity index (χ2n) is 3.26. The number of carbonyl (C=O) groups excluding carboxylic acids is 1. The Kier molecular flexibility index (Phi) is 1.77. The van der Waals surface area contributed by atoms with Crippen molar-refractivity contribution < 1.29 is 4.79 Å². The molecule has 1 amide bonds. The molecule has 1 fully saturated rings. The Bertz CT molecular complexity index is 333. The molecule has 6 heteroatoms. The van der Waals surface area contributed by atoms with E-state index in [1.165, 1.54) is 4.68 Å². The van der Waals surface area contributed by atoms with Crippen LogP contribution in [0, 0.1) is 0 Å². The highest BCUT2D eigenvalue weighted by molar-refractivity contribution is 5.92. The number of hydrogen-bond donors (Lipinski definition) is 2. The Morgan fingerprint density at radius 3 is 3.00 bits per heavy atom. The summed E-state index contributed by atoms with van der Waals surface area (Å²) in [4.78, 5) is 11.4. The highest BCUT2D eigenvalue weighted by Gasteiger charge is 2.35. The van der Waals surface area contributed by atoms with Crippen LogP contribution in [-0.2, 0) is 7.05 Å². The van der Waals surface area contributed by atoms with Gasteiger partial charge in [0.25, 0.3) is 5.91 Å². The van der Waals surface area contributed by atoms with Crippen molar-refractivity contribution in [3.05, 3.63) is 11.9 Å². The molecular weight excluding hydrogens is 170 g/mol. The Morgan fingerprint density at radius 1 is 1.85 bits per heavy atom. The van der Waals surface area contributed by atoms with Gasteiger partial charge < -0.3 is 11.1 Å². The number of rotatable bonds is 2. The maximum atomic E-state index is 11.4. The summed E-state index contributed by atoms with van der Waals surface area (Å²) >= 11 is 0. The van der Waals surface area contributed by atoms with E-state index in [4.69, 9.17) is 5.73 Å². The molecule has 0 aromatic carbocycles. The average Bonchev–Trinajstić information content (AvgIpc) is 2.62. The summed E-state index contributed by atoms with van der Waals surface area (Å²) in [6.07, 6.45) is 2.43. The third-order valence-corrected chi connectivity index (χ3v) is 1.99. The van der Waals surface area contributed by atoms with Crippen molar-refractivity contribution in [2.45, 2.75) is 18.5 Å². The Balaban J connectivity index is 1.97. The zero-order valence-corrected chi connectivity index (χ0v) is 7.27. The third-order valence-electron chi connectivity index (χ3n) is 1.99. The molecule has 3 N–H and O–H groups in total. The lowest BCUT2D eigenvalue weighted by Crippen LogP contribution is -2.29. The highest BCUT2D eigenvalue weighted by Crippen LogP contribution is 2.17. The number of carbonyl (C=O) groups is 1. The van der Waals surface area contributed by atoms with Gasteiger partial charge in [-0.1, -0.05) is 5.21 Å².